The van der Waals surface area contributed by atoms with E-state index < -0.39 is 0 Å². The first-order valence-corrected chi connectivity index (χ1v) is 10.4. The first kappa shape index (κ1) is 17.9. The number of amides is 1. The second-order valence-corrected chi connectivity index (χ2v) is 8.09. The van der Waals surface area contributed by atoms with Gasteiger partial charge >= 0.3 is 0 Å². The molecule has 1 fully saturated rings. The van der Waals surface area contributed by atoms with Crippen molar-refractivity contribution in [1.29, 1.82) is 0 Å². The van der Waals surface area contributed by atoms with E-state index in [9.17, 15) is 4.79 Å². The molecule has 1 amide bonds. The summed E-state index contributed by atoms with van der Waals surface area (Å²) >= 11 is 1.66. The Morgan fingerprint density at radius 2 is 1.93 bits per heavy atom. The maximum absolute atomic E-state index is 13.2. The van der Waals surface area contributed by atoms with Crippen molar-refractivity contribution >= 4 is 38.2 Å². The van der Waals surface area contributed by atoms with Crippen LogP contribution in [0.4, 0.5) is 5.13 Å². The molecular formula is C21H21N5O2S. The maximum atomic E-state index is 13.2. The fourth-order valence-electron chi connectivity index (χ4n) is 3.78. The van der Waals surface area contributed by atoms with Gasteiger partial charge in [0.05, 0.1) is 23.0 Å². The number of imidazole rings is 1. The Hall–Kier alpha value is -3.13. The van der Waals surface area contributed by atoms with Gasteiger partial charge in [-0.05, 0) is 37.3 Å². The van der Waals surface area contributed by atoms with Crippen molar-refractivity contribution in [2.75, 3.05) is 38.2 Å². The molecule has 0 bridgehead atoms. The summed E-state index contributed by atoms with van der Waals surface area (Å²) < 4.78 is 8.30. The first-order chi connectivity index (χ1) is 14.1. The molecular weight excluding hydrogens is 386 g/mol. The number of methoxy groups -OCH3 is 1. The van der Waals surface area contributed by atoms with Crippen molar-refractivity contribution in [3.05, 3.63) is 54.0 Å². The number of hydrogen-bond acceptors (Lipinski definition) is 6. The summed E-state index contributed by atoms with van der Waals surface area (Å²) in [5.74, 6) is 0.876. The Labute approximate surface area is 172 Å². The average Bonchev–Trinajstić information content (AvgIpc) is 3.32. The Kier molecular flexibility index (Phi) is 4.35. The molecule has 0 saturated carbocycles. The van der Waals surface area contributed by atoms with E-state index >= 15 is 0 Å². The SMILES string of the molecule is COc1ccc2nc(N3CCN(C(=O)c4c(C)nc5ccccn45)CC3)sc2c1. The monoisotopic (exact) mass is 407 g/mol. The number of benzene rings is 1. The number of aromatic nitrogens is 3. The lowest BCUT2D eigenvalue weighted by molar-refractivity contribution is 0.0739. The molecule has 0 spiro atoms. The lowest BCUT2D eigenvalue weighted by Gasteiger charge is -2.34. The standard InChI is InChI=1S/C21H21N5O2S/c1-14-19(26-8-4-3-5-18(26)22-14)20(27)24-9-11-25(12-10-24)21-23-16-7-6-15(28-2)13-17(16)29-21/h3-8,13H,9-12H2,1-2H3. The molecule has 1 aromatic carbocycles. The van der Waals surface area contributed by atoms with Gasteiger partial charge in [0.2, 0.25) is 0 Å². The number of rotatable bonds is 3. The highest BCUT2D eigenvalue weighted by molar-refractivity contribution is 7.22. The van der Waals surface area contributed by atoms with E-state index in [-0.39, 0.29) is 5.91 Å². The topological polar surface area (TPSA) is 63.0 Å². The lowest BCUT2D eigenvalue weighted by atomic mass is 10.2. The summed E-state index contributed by atoms with van der Waals surface area (Å²) in [6, 6.07) is 11.7. The van der Waals surface area contributed by atoms with Crippen molar-refractivity contribution < 1.29 is 9.53 Å². The van der Waals surface area contributed by atoms with Gasteiger partial charge in [-0.25, -0.2) is 9.97 Å². The minimum atomic E-state index is 0.0369. The van der Waals surface area contributed by atoms with Crippen LogP contribution in [0, 0.1) is 6.92 Å². The van der Waals surface area contributed by atoms with Crippen molar-refractivity contribution in [3.63, 3.8) is 0 Å². The molecule has 5 rings (SSSR count). The molecule has 8 heteroatoms. The van der Waals surface area contributed by atoms with Gasteiger partial charge in [0, 0.05) is 32.4 Å². The van der Waals surface area contributed by atoms with E-state index in [1.165, 1.54) is 0 Å². The third kappa shape index (κ3) is 3.09. The minimum Gasteiger partial charge on any atom is -0.497 e. The van der Waals surface area contributed by atoms with Crippen molar-refractivity contribution in [1.82, 2.24) is 19.3 Å². The van der Waals surface area contributed by atoms with Crippen molar-refractivity contribution in [2.24, 2.45) is 0 Å². The molecule has 0 unspecified atom stereocenters. The second-order valence-electron chi connectivity index (χ2n) is 7.08. The number of pyridine rings is 1. The summed E-state index contributed by atoms with van der Waals surface area (Å²) in [4.78, 5) is 26.6. The van der Waals surface area contributed by atoms with Crippen molar-refractivity contribution in [2.45, 2.75) is 6.92 Å². The normalized spacial score (nSPS) is 14.7. The first-order valence-electron chi connectivity index (χ1n) is 9.56. The average molecular weight is 407 g/mol. The minimum absolute atomic E-state index is 0.0369. The number of carbonyl (C=O) groups is 1. The summed E-state index contributed by atoms with van der Waals surface area (Å²) in [5, 5.41) is 0.992. The molecule has 148 valence electrons. The van der Waals surface area contributed by atoms with Gasteiger partial charge in [0.25, 0.3) is 5.91 Å². The second kappa shape index (κ2) is 7.04. The molecule has 0 N–H and O–H groups in total. The Balaban J connectivity index is 1.33. The predicted molar refractivity (Wildman–Crippen MR) is 114 cm³/mol. The fraction of sp³-hybridized carbons (Fsp3) is 0.286. The highest BCUT2D eigenvalue weighted by atomic mass is 32.1. The van der Waals surface area contributed by atoms with Gasteiger partial charge in [-0.2, -0.15) is 0 Å². The molecule has 3 aromatic heterocycles. The summed E-state index contributed by atoms with van der Waals surface area (Å²) in [6.07, 6.45) is 1.90. The number of ether oxygens (including phenoxy) is 1. The molecule has 4 aromatic rings. The van der Waals surface area contributed by atoms with Crippen LogP contribution in [0.15, 0.2) is 42.6 Å². The van der Waals surface area contributed by atoms with Crippen LogP contribution >= 0.6 is 11.3 Å². The molecule has 0 atom stereocenters. The quantitative estimate of drug-likeness (QED) is 0.522. The van der Waals surface area contributed by atoms with Crippen LogP contribution in [0.25, 0.3) is 15.9 Å². The number of aryl methyl sites for hydroxylation is 1. The van der Waals surface area contributed by atoms with Gasteiger partial charge in [0.1, 0.15) is 17.1 Å². The Morgan fingerprint density at radius 1 is 1.10 bits per heavy atom. The van der Waals surface area contributed by atoms with Crippen LogP contribution in [0.3, 0.4) is 0 Å². The number of piperazine rings is 1. The summed E-state index contributed by atoms with van der Waals surface area (Å²) in [6.45, 7) is 4.75. The number of anilines is 1. The van der Waals surface area contributed by atoms with E-state index in [4.69, 9.17) is 9.72 Å². The van der Waals surface area contributed by atoms with Crippen molar-refractivity contribution in [3.8, 4) is 5.75 Å². The highest BCUT2D eigenvalue weighted by Gasteiger charge is 2.27. The maximum Gasteiger partial charge on any atom is 0.272 e. The van der Waals surface area contributed by atoms with Gasteiger partial charge in [0.15, 0.2) is 5.13 Å². The Morgan fingerprint density at radius 3 is 2.72 bits per heavy atom. The van der Waals surface area contributed by atoms with Gasteiger partial charge in [-0.3, -0.25) is 9.20 Å². The molecule has 1 aliphatic rings. The van der Waals surface area contributed by atoms with E-state index in [0.29, 0.717) is 18.8 Å². The summed E-state index contributed by atoms with van der Waals surface area (Å²) in [5.41, 5.74) is 3.20. The number of carbonyl (C=O) groups excluding carboxylic acids is 1. The molecule has 0 radical (unpaired) electrons. The number of nitrogens with zero attached hydrogens (tertiary/aromatic N) is 5. The van der Waals surface area contributed by atoms with E-state index in [1.54, 1.807) is 18.4 Å². The number of hydrogen-bond donors (Lipinski definition) is 0. The van der Waals surface area contributed by atoms with Crippen LogP contribution in [-0.4, -0.2) is 58.5 Å². The largest absolute Gasteiger partial charge is 0.497 e. The van der Waals surface area contributed by atoms with Crippen LogP contribution in [-0.2, 0) is 0 Å². The van der Waals surface area contributed by atoms with Crippen LogP contribution in [0.5, 0.6) is 5.75 Å². The van der Waals surface area contributed by atoms with E-state index in [0.717, 1.165) is 45.5 Å². The van der Waals surface area contributed by atoms with Gasteiger partial charge in [-0.15, -0.1) is 0 Å². The zero-order valence-corrected chi connectivity index (χ0v) is 17.1. The number of thiazole rings is 1. The predicted octanol–water partition coefficient (Wildman–Crippen LogP) is 3.22. The molecule has 4 heterocycles. The van der Waals surface area contributed by atoms with Crippen LogP contribution in [0.2, 0.25) is 0 Å². The third-order valence-electron chi connectivity index (χ3n) is 5.33. The Bertz CT molecular complexity index is 1210. The molecule has 1 saturated heterocycles. The van der Waals surface area contributed by atoms with E-state index in [2.05, 4.69) is 9.88 Å². The number of fused-ring (bicyclic) bond motifs is 2. The highest BCUT2D eigenvalue weighted by Crippen LogP contribution is 2.32. The van der Waals surface area contributed by atoms with Crippen LogP contribution in [0.1, 0.15) is 16.2 Å². The molecule has 29 heavy (non-hydrogen) atoms. The zero-order valence-electron chi connectivity index (χ0n) is 16.3. The third-order valence-corrected chi connectivity index (χ3v) is 6.41. The smallest absolute Gasteiger partial charge is 0.272 e. The van der Waals surface area contributed by atoms with Gasteiger partial charge < -0.3 is 14.5 Å². The molecule has 7 nitrogen and oxygen atoms in total. The molecule has 0 aliphatic carbocycles. The van der Waals surface area contributed by atoms with E-state index in [1.807, 2.05) is 58.8 Å². The summed E-state index contributed by atoms with van der Waals surface area (Å²) in [7, 11) is 1.67. The lowest BCUT2D eigenvalue weighted by Crippen LogP contribution is -2.49. The zero-order chi connectivity index (χ0) is 20.0. The molecule has 1 aliphatic heterocycles. The van der Waals surface area contributed by atoms with Gasteiger partial charge in [-0.1, -0.05) is 17.4 Å². The van der Waals surface area contributed by atoms with Crippen LogP contribution < -0.4 is 9.64 Å². The fourth-order valence-corrected chi connectivity index (χ4v) is 4.82.